The van der Waals surface area contributed by atoms with Crippen molar-refractivity contribution < 1.29 is 52.7 Å². The average molecular weight is 354 g/mol. The SMILES string of the molecule is C=CC(F)(F)C(F)(C=C)C(F)(F)C(F)(F)C(F)(F)C(F)(F)F. The van der Waals surface area contributed by atoms with Crippen molar-refractivity contribution >= 4 is 0 Å². The Balaban J connectivity index is 6.44. The first-order valence-corrected chi connectivity index (χ1v) is 4.91. The first-order valence-electron chi connectivity index (χ1n) is 4.91. The van der Waals surface area contributed by atoms with Crippen LogP contribution in [-0.2, 0) is 0 Å². The molecule has 0 aromatic heterocycles. The van der Waals surface area contributed by atoms with Gasteiger partial charge in [0.2, 0.25) is 0 Å². The van der Waals surface area contributed by atoms with Gasteiger partial charge in [-0.3, -0.25) is 0 Å². The highest BCUT2D eigenvalue weighted by atomic mass is 19.4. The molecule has 1 unspecified atom stereocenters. The lowest BCUT2D eigenvalue weighted by molar-refractivity contribution is -0.416. The van der Waals surface area contributed by atoms with Gasteiger partial charge >= 0.3 is 29.9 Å². The third-order valence-corrected chi connectivity index (χ3v) is 2.62. The van der Waals surface area contributed by atoms with E-state index in [2.05, 4.69) is 6.58 Å². The summed E-state index contributed by atoms with van der Waals surface area (Å²) in [6, 6.07) is 0. The second-order valence-corrected chi connectivity index (χ2v) is 3.96. The molecular weight excluding hydrogens is 348 g/mol. The van der Waals surface area contributed by atoms with Crippen molar-refractivity contribution in [2.45, 2.75) is 35.5 Å². The molecule has 0 bridgehead atoms. The van der Waals surface area contributed by atoms with E-state index in [9.17, 15) is 52.7 Å². The summed E-state index contributed by atoms with van der Waals surface area (Å²) in [6.07, 6.45) is -9.40. The van der Waals surface area contributed by atoms with Crippen LogP contribution in [0.2, 0.25) is 0 Å². The van der Waals surface area contributed by atoms with Gasteiger partial charge in [-0.25, -0.2) is 4.39 Å². The highest BCUT2D eigenvalue weighted by Gasteiger charge is 2.88. The largest absolute Gasteiger partial charge is 0.460 e. The van der Waals surface area contributed by atoms with Crippen LogP contribution in [0.25, 0.3) is 0 Å². The van der Waals surface area contributed by atoms with Gasteiger partial charge in [0.05, 0.1) is 0 Å². The second kappa shape index (κ2) is 5.08. The first kappa shape index (κ1) is 20.6. The minimum Gasteiger partial charge on any atom is -0.225 e. The number of hydrogen-bond acceptors (Lipinski definition) is 0. The van der Waals surface area contributed by atoms with E-state index >= 15 is 0 Å². The van der Waals surface area contributed by atoms with Crippen molar-refractivity contribution in [1.29, 1.82) is 0 Å². The summed E-state index contributed by atoms with van der Waals surface area (Å²) >= 11 is 0. The molecule has 0 radical (unpaired) electrons. The molecule has 0 rings (SSSR count). The lowest BCUT2D eigenvalue weighted by Crippen LogP contribution is -2.70. The van der Waals surface area contributed by atoms with E-state index in [1.54, 1.807) is 0 Å². The van der Waals surface area contributed by atoms with Gasteiger partial charge in [0.25, 0.3) is 5.67 Å². The Morgan fingerprint density at radius 2 is 0.864 bits per heavy atom. The normalized spacial score (nSPS) is 17.8. The molecule has 0 aromatic rings. The molecule has 130 valence electrons. The van der Waals surface area contributed by atoms with Crippen LogP contribution in [0.4, 0.5) is 52.7 Å². The van der Waals surface area contributed by atoms with Crippen LogP contribution >= 0.6 is 0 Å². The quantitative estimate of drug-likeness (QED) is 0.456. The molecule has 0 fully saturated rings. The molecule has 0 amide bonds. The zero-order valence-electron chi connectivity index (χ0n) is 10.1. The molecule has 0 heterocycles. The highest BCUT2D eigenvalue weighted by molar-refractivity contribution is 5.24. The number of rotatable bonds is 6. The predicted octanol–water partition coefficient (Wildman–Crippen LogP) is 5.17. The smallest absolute Gasteiger partial charge is 0.225 e. The van der Waals surface area contributed by atoms with Crippen molar-refractivity contribution in [1.82, 2.24) is 0 Å². The lowest BCUT2D eigenvalue weighted by atomic mass is 9.84. The van der Waals surface area contributed by atoms with Crippen LogP contribution in [0.15, 0.2) is 25.3 Å². The molecule has 0 aliphatic carbocycles. The van der Waals surface area contributed by atoms with Gasteiger partial charge in [-0.05, 0) is 12.2 Å². The lowest BCUT2D eigenvalue weighted by Gasteiger charge is -2.41. The molecule has 0 saturated heterocycles. The molecule has 0 aromatic carbocycles. The molecule has 0 N–H and O–H groups in total. The maximum absolute atomic E-state index is 13.6. The monoisotopic (exact) mass is 354 g/mol. The zero-order chi connectivity index (χ0) is 18.4. The number of allylic oxidation sites excluding steroid dienone is 2. The molecule has 1 atom stereocenters. The van der Waals surface area contributed by atoms with Crippen molar-refractivity contribution in [3.63, 3.8) is 0 Å². The highest BCUT2D eigenvalue weighted by Crippen LogP contribution is 2.60. The van der Waals surface area contributed by atoms with Gasteiger partial charge in [-0.2, -0.15) is 48.3 Å². The van der Waals surface area contributed by atoms with Crippen LogP contribution in [0.1, 0.15) is 0 Å². The fourth-order valence-corrected chi connectivity index (χ4v) is 1.23. The van der Waals surface area contributed by atoms with E-state index in [1.165, 1.54) is 0 Å². The van der Waals surface area contributed by atoms with Crippen LogP contribution in [0, 0.1) is 0 Å². The molecule has 22 heavy (non-hydrogen) atoms. The fraction of sp³-hybridized carbons (Fsp3) is 0.600. The second-order valence-electron chi connectivity index (χ2n) is 3.96. The predicted molar refractivity (Wildman–Crippen MR) is 50.1 cm³/mol. The van der Waals surface area contributed by atoms with Gasteiger partial charge in [0, 0.05) is 0 Å². The molecule has 0 aliphatic heterocycles. The number of hydrogen-bond donors (Lipinski definition) is 0. The Bertz CT molecular complexity index is 445. The molecule has 12 heteroatoms. The topological polar surface area (TPSA) is 0 Å². The van der Waals surface area contributed by atoms with Crippen LogP contribution in [0.5, 0.6) is 0 Å². The third-order valence-electron chi connectivity index (χ3n) is 2.62. The van der Waals surface area contributed by atoms with E-state index in [1.807, 2.05) is 6.58 Å². The molecule has 0 saturated carbocycles. The Morgan fingerprint density at radius 1 is 0.500 bits per heavy atom. The van der Waals surface area contributed by atoms with Crippen LogP contribution in [-0.4, -0.2) is 35.5 Å². The number of alkyl halides is 12. The van der Waals surface area contributed by atoms with Crippen molar-refractivity contribution in [3.8, 4) is 0 Å². The van der Waals surface area contributed by atoms with E-state index in [0.717, 1.165) is 0 Å². The van der Waals surface area contributed by atoms with Gasteiger partial charge < -0.3 is 0 Å². The standard InChI is InChI=1S/C10H6F12/c1-3-5(11,6(12,13)4-2)7(14,15)8(16,17)9(18,19)10(20,21)22/h3-4H,1-2H2. The van der Waals surface area contributed by atoms with Gasteiger partial charge in [-0.1, -0.05) is 13.2 Å². The Kier molecular flexibility index (Phi) is 4.77. The maximum atomic E-state index is 13.6. The minimum absolute atomic E-state index is 0.954. The number of halogens is 12. The fourth-order valence-electron chi connectivity index (χ4n) is 1.23. The molecule has 0 spiro atoms. The van der Waals surface area contributed by atoms with E-state index in [0.29, 0.717) is 0 Å². The molecular formula is C10H6F12. The van der Waals surface area contributed by atoms with Crippen molar-refractivity contribution in [2.75, 3.05) is 0 Å². The summed E-state index contributed by atoms with van der Waals surface area (Å²) in [7, 11) is 0. The maximum Gasteiger partial charge on any atom is 0.460 e. The molecule has 0 nitrogen and oxygen atoms in total. The van der Waals surface area contributed by atoms with Crippen molar-refractivity contribution in [3.05, 3.63) is 25.3 Å². The summed E-state index contributed by atoms with van der Waals surface area (Å²) < 4.78 is 153. The van der Waals surface area contributed by atoms with E-state index < -0.39 is 47.7 Å². The summed E-state index contributed by atoms with van der Waals surface area (Å²) in [5.74, 6) is -27.9. The zero-order valence-corrected chi connectivity index (χ0v) is 10.1. The van der Waals surface area contributed by atoms with Crippen molar-refractivity contribution in [2.24, 2.45) is 0 Å². The third kappa shape index (κ3) is 2.35. The van der Waals surface area contributed by atoms with Gasteiger partial charge in [-0.15, -0.1) is 0 Å². The van der Waals surface area contributed by atoms with E-state index in [-0.39, 0.29) is 0 Å². The van der Waals surface area contributed by atoms with Gasteiger partial charge in [0.1, 0.15) is 0 Å². The van der Waals surface area contributed by atoms with Gasteiger partial charge in [0.15, 0.2) is 0 Å². The Labute approximate surface area is 115 Å². The summed E-state index contributed by atoms with van der Waals surface area (Å²) in [5, 5.41) is 0. The Hall–Kier alpha value is -1.36. The van der Waals surface area contributed by atoms with E-state index in [4.69, 9.17) is 0 Å². The summed E-state index contributed by atoms with van der Waals surface area (Å²) in [5.41, 5.74) is -5.96. The summed E-state index contributed by atoms with van der Waals surface area (Å²) in [6.45, 7) is 4.16. The van der Waals surface area contributed by atoms with Crippen LogP contribution in [0.3, 0.4) is 0 Å². The minimum atomic E-state index is -7.55. The average Bonchev–Trinajstić information content (AvgIpc) is 2.35. The Morgan fingerprint density at radius 3 is 1.09 bits per heavy atom. The summed E-state index contributed by atoms with van der Waals surface area (Å²) in [4.78, 5) is 0. The molecule has 0 aliphatic rings. The first-order chi connectivity index (χ1) is 9.37. The van der Waals surface area contributed by atoms with Crippen LogP contribution < -0.4 is 0 Å².